The SMILES string of the molecule is CCC[C@@H](C)CC1CC(c2cc(OC)c3c(c2)OCO3)CN1CC=O. The number of hydrogen-bond donors (Lipinski definition) is 0. The van der Waals surface area contributed by atoms with Gasteiger partial charge in [-0.2, -0.15) is 0 Å². The minimum atomic E-state index is 0.244. The highest BCUT2D eigenvalue weighted by molar-refractivity contribution is 5.56. The Morgan fingerprint density at radius 1 is 1.40 bits per heavy atom. The van der Waals surface area contributed by atoms with Gasteiger partial charge in [-0.1, -0.05) is 26.7 Å². The maximum atomic E-state index is 11.1. The summed E-state index contributed by atoms with van der Waals surface area (Å²) >= 11 is 0. The van der Waals surface area contributed by atoms with Crippen molar-refractivity contribution >= 4 is 6.29 Å². The van der Waals surface area contributed by atoms with Crippen molar-refractivity contribution in [2.45, 2.75) is 51.5 Å². The van der Waals surface area contributed by atoms with Crippen molar-refractivity contribution in [2.24, 2.45) is 5.92 Å². The lowest BCUT2D eigenvalue weighted by Gasteiger charge is -2.24. The summed E-state index contributed by atoms with van der Waals surface area (Å²) in [7, 11) is 1.66. The van der Waals surface area contributed by atoms with E-state index < -0.39 is 0 Å². The smallest absolute Gasteiger partial charge is 0.231 e. The first-order chi connectivity index (χ1) is 12.2. The molecule has 0 aromatic heterocycles. The molecule has 1 aromatic carbocycles. The Labute approximate surface area is 150 Å². The van der Waals surface area contributed by atoms with Gasteiger partial charge < -0.3 is 19.0 Å². The fraction of sp³-hybridized carbons (Fsp3) is 0.650. The second-order valence-electron chi connectivity index (χ2n) is 7.29. The van der Waals surface area contributed by atoms with Gasteiger partial charge in [0.25, 0.3) is 0 Å². The van der Waals surface area contributed by atoms with Crippen LogP contribution in [0.4, 0.5) is 0 Å². The van der Waals surface area contributed by atoms with Gasteiger partial charge in [0.2, 0.25) is 12.5 Å². The second kappa shape index (κ2) is 8.09. The Hall–Kier alpha value is -1.75. The molecule has 0 N–H and O–H groups in total. The molecule has 0 aliphatic carbocycles. The van der Waals surface area contributed by atoms with Crippen LogP contribution in [0.1, 0.15) is 51.0 Å². The third-order valence-corrected chi connectivity index (χ3v) is 5.44. The van der Waals surface area contributed by atoms with Gasteiger partial charge >= 0.3 is 0 Å². The number of rotatable bonds is 8. The van der Waals surface area contributed by atoms with Crippen LogP contribution in [0.5, 0.6) is 17.2 Å². The molecular weight excluding hydrogens is 318 g/mol. The van der Waals surface area contributed by atoms with E-state index in [0.29, 0.717) is 30.2 Å². The highest BCUT2D eigenvalue weighted by Crippen LogP contribution is 2.45. The molecule has 2 heterocycles. The monoisotopic (exact) mass is 347 g/mol. The molecule has 1 saturated heterocycles. The number of methoxy groups -OCH3 is 1. The van der Waals surface area contributed by atoms with E-state index in [9.17, 15) is 4.79 Å². The zero-order valence-corrected chi connectivity index (χ0v) is 15.5. The van der Waals surface area contributed by atoms with E-state index in [1.54, 1.807) is 7.11 Å². The Kier molecular flexibility index (Phi) is 5.84. The molecule has 0 bridgehead atoms. The fourth-order valence-electron chi connectivity index (χ4n) is 4.25. The minimum absolute atomic E-state index is 0.244. The van der Waals surface area contributed by atoms with Gasteiger partial charge in [0.15, 0.2) is 11.5 Å². The lowest BCUT2D eigenvalue weighted by atomic mass is 9.91. The van der Waals surface area contributed by atoms with Gasteiger partial charge in [-0.25, -0.2) is 0 Å². The van der Waals surface area contributed by atoms with Crippen LogP contribution in [0.15, 0.2) is 12.1 Å². The van der Waals surface area contributed by atoms with Crippen LogP contribution in [-0.4, -0.2) is 44.2 Å². The van der Waals surface area contributed by atoms with E-state index in [0.717, 1.165) is 37.2 Å². The third-order valence-electron chi connectivity index (χ3n) is 5.44. The fourth-order valence-corrected chi connectivity index (χ4v) is 4.25. The summed E-state index contributed by atoms with van der Waals surface area (Å²) in [6, 6.07) is 4.61. The number of ether oxygens (including phenoxy) is 3. The van der Waals surface area contributed by atoms with Crippen molar-refractivity contribution in [1.82, 2.24) is 4.90 Å². The summed E-state index contributed by atoms with van der Waals surface area (Å²) in [6.07, 6.45) is 5.71. The molecule has 138 valence electrons. The number of carbonyl (C=O) groups is 1. The Morgan fingerprint density at radius 3 is 2.96 bits per heavy atom. The lowest BCUT2D eigenvalue weighted by Crippen LogP contribution is -2.32. The third kappa shape index (κ3) is 3.92. The van der Waals surface area contributed by atoms with Crippen molar-refractivity contribution in [3.63, 3.8) is 0 Å². The number of likely N-dealkylation sites (tertiary alicyclic amines) is 1. The van der Waals surface area contributed by atoms with E-state index >= 15 is 0 Å². The Morgan fingerprint density at radius 2 is 2.24 bits per heavy atom. The quantitative estimate of drug-likeness (QED) is 0.672. The van der Waals surface area contributed by atoms with Crippen LogP contribution >= 0.6 is 0 Å². The molecule has 2 aliphatic rings. The average molecular weight is 347 g/mol. The topological polar surface area (TPSA) is 48.0 Å². The maximum absolute atomic E-state index is 11.1. The van der Waals surface area contributed by atoms with Crippen molar-refractivity contribution in [3.05, 3.63) is 17.7 Å². The van der Waals surface area contributed by atoms with E-state index in [2.05, 4.69) is 30.9 Å². The second-order valence-corrected chi connectivity index (χ2v) is 7.29. The molecular formula is C20H29NO4. The first-order valence-corrected chi connectivity index (χ1v) is 9.31. The van der Waals surface area contributed by atoms with Crippen LogP contribution in [0.25, 0.3) is 0 Å². The lowest BCUT2D eigenvalue weighted by molar-refractivity contribution is -0.109. The van der Waals surface area contributed by atoms with E-state index in [1.165, 1.54) is 18.4 Å². The molecule has 3 atom stereocenters. The summed E-state index contributed by atoms with van der Waals surface area (Å²) in [5.41, 5.74) is 1.21. The average Bonchev–Trinajstić information content (AvgIpc) is 3.21. The van der Waals surface area contributed by atoms with Gasteiger partial charge in [-0.05, 0) is 42.4 Å². The van der Waals surface area contributed by atoms with Gasteiger partial charge in [0.05, 0.1) is 13.7 Å². The standard InChI is InChI=1S/C20H29NO4/c1-4-5-14(2)8-17-9-16(12-21(17)6-7-22)15-10-18(23-3)20-19(11-15)24-13-25-20/h7,10-11,14,16-17H,4-6,8-9,12-13H2,1-3H3/t14-,16?,17?/m1/s1. The van der Waals surface area contributed by atoms with Crippen LogP contribution in [0.3, 0.4) is 0 Å². The summed E-state index contributed by atoms with van der Waals surface area (Å²) in [4.78, 5) is 13.5. The number of hydrogen-bond acceptors (Lipinski definition) is 5. The molecule has 3 rings (SSSR count). The summed E-state index contributed by atoms with van der Waals surface area (Å²) < 4.78 is 16.5. The van der Waals surface area contributed by atoms with Crippen molar-refractivity contribution in [3.8, 4) is 17.2 Å². The molecule has 5 nitrogen and oxygen atoms in total. The van der Waals surface area contributed by atoms with Crippen molar-refractivity contribution in [1.29, 1.82) is 0 Å². The molecule has 2 aliphatic heterocycles. The zero-order valence-electron chi connectivity index (χ0n) is 15.5. The zero-order chi connectivity index (χ0) is 17.8. The van der Waals surface area contributed by atoms with Gasteiger partial charge in [0.1, 0.15) is 6.29 Å². The molecule has 0 amide bonds. The maximum Gasteiger partial charge on any atom is 0.231 e. The minimum Gasteiger partial charge on any atom is -0.493 e. The van der Waals surface area contributed by atoms with Gasteiger partial charge in [-0.15, -0.1) is 0 Å². The normalized spacial score (nSPS) is 23.6. The predicted molar refractivity (Wildman–Crippen MR) is 96.6 cm³/mol. The van der Waals surface area contributed by atoms with Crippen molar-refractivity contribution in [2.75, 3.05) is 27.0 Å². The first kappa shape index (κ1) is 18.1. The first-order valence-electron chi connectivity index (χ1n) is 9.31. The number of nitrogens with zero attached hydrogens (tertiary/aromatic N) is 1. The Balaban J connectivity index is 1.77. The molecule has 0 radical (unpaired) electrons. The van der Waals surface area contributed by atoms with E-state index in [-0.39, 0.29) is 6.79 Å². The van der Waals surface area contributed by atoms with E-state index in [1.807, 2.05) is 0 Å². The highest BCUT2D eigenvalue weighted by Gasteiger charge is 2.34. The van der Waals surface area contributed by atoms with Gasteiger partial charge in [-0.3, -0.25) is 4.90 Å². The van der Waals surface area contributed by atoms with Crippen LogP contribution in [0.2, 0.25) is 0 Å². The Bertz CT molecular complexity index is 604. The largest absolute Gasteiger partial charge is 0.493 e. The van der Waals surface area contributed by atoms with Crippen LogP contribution in [-0.2, 0) is 4.79 Å². The molecule has 1 aromatic rings. The molecule has 25 heavy (non-hydrogen) atoms. The summed E-state index contributed by atoms with van der Waals surface area (Å²) in [5.74, 6) is 3.27. The highest BCUT2D eigenvalue weighted by atomic mass is 16.7. The van der Waals surface area contributed by atoms with Crippen LogP contribution in [0, 0.1) is 5.92 Å². The van der Waals surface area contributed by atoms with Crippen molar-refractivity contribution < 1.29 is 19.0 Å². The molecule has 0 spiro atoms. The predicted octanol–water partition coefficient (Wildman–Crippen LogP) is 3.61. The van der Waals surface area contributed by atoms with Gasteiger partial charge in [0, 0.05) is 12.6 Å². The molecule has 2 unspecified atom stereocenters. The molecule has 0 saturated carbocycles. The number of aldehydes is 1. The van der Waals surface area contributed by atoms with Crippen LogP contribution < -0.4 is 14.2 Å². The summed E-state index contributed by atoms with van der Waals surface area (Å²) in [6.45, 7) is 6.22. The number of fused-ring (bicyclic) bond motifs is 1. The number of benzene rings is 1. The molecule has 1 fully saturated rings. The van der Waals surface area contributed by atoms with E-state index in [4.69, 9.17) is 14.2 Å². The number of carbonyl (C=O) groups excluding carboxylic acids is 1. The molecule has 5 heteroatoms. The summed E-state index contributed by atoms with van der Waals surface area (Å²) in [5, 5.41) is 0.